The van der Waals surface area contributed by atoms with Crippen LogP contribution in [0.5, 0.6) is 0 Å². The van der Waals surface area contributed by atoms with E-state index in [0.717, 1.165) is 0 Å². The summed E-state index contributed by atoms with van der Waals surface area (Å²) in [5.74, 6) is 0.0148. The summed E-state index contributed by atoms with van der Waals surface area (Å²) in [6.07, 6.45) is 0.249. The van der Waals surface area contributed by atoms with E-state index < -0.39 is 0 Å². The fourth-order valence-corrected chi connectivity index (χ4v) is 1.19. The maximum absolute atomic E-state index is 10.6. The summed E-state index contributed by atoms with van der Waals surface area (Å²) in [6, 6.07) is 0. The van der Waals surface area contributed by atoms with E-state index >= 15 is 0 Å². The highest BCUT2D eigenvalue weighted by Crippen LogP contribution is 2.08. The van der Waals surface area contributed by atoms with Crippen LogP contribution in [0, 0.1) is 0 Å². The molecule has 1 aromatic rings. The van der Waals surface area contributed by atoms with Crippen LogP contribution in [0.4, 0.5) is 0 Å². The topological polar surface area (TPSA) is 65.7 Å². The Hall–Kier alpha value is -0.840. The van der Waals surface area contributed by atoms with Crippen LogP contribution in [0.2, 0.25) is 0 Å². The Morgan fingerprint density at radius 2 is 2.18 bits per heavy atom. The van der Waals surface area contributed by atoms with E-state index in [-0.39, 0.29) is 17.9 Å². The van der Waals surface area contributed by atoms with Crippen LogP contribution >= 0.6 is 15.9 Å². The van der Waals surface area contributed by atoms with Gasteiger partial charge in [0.25, 0.3) is 0 Å². The summed E-state index contributed by atoms with van der Waals surface area (Å²) >= 11 is 3.11. The summed E-state index contributed by atoms with van der Waals surface area (Å²) in [5.41, 5.74) is 0.302. The molecule has 60 valence electrons. The van der Waals surface area contributed by atoms with Gasteiger partial charge in [0.1, 0.15) is 10.4 Å². The zero-order chi connectivity index (χ0) is 8.43. The van der Waals surface area contributed by atoms with Crippen LogP contribution in [0.3, 0.4) is 0 Å². The molecule has 0 bridgehead atoms. The number of aromatic amines is 2. The molecule has 1 aromatic heterocycles. The molecule has 0 unspecified atom stereocenters. The second-order valence-electron chi connectivity index (χ2n) is 2.25. The largest absolute Gasteiger partial charge is 0.323 e. The molecule has 4 nitrogen and oxygen atoms in total. The smallest absolute Gasteiger partial charge is 0.308 e. The molecular weight excluding hydrogens is 212 g/mol. The van der Waals surface area contributed by atoms with E-state index in [9.17, 15) is 9.59 Å². The van der Waals surface area contributed by atoms with Gasteiger partial charge in [-0.15, -0.1) is 0 Å². The van der Waals surface area contributed by atoms with E-state index in [4.69, 9.17) is 0 Å². The summed E-state index contributed by atoms with van der Waals surface area (Å²) in [4.78, 5) is 26.2. The fraction of sp³-hybridized carbons (Fsp3) is 0.333. The summed E-state index contributed by atoms with van der Waals surface area (Å²) in [5, 5.41) is 0. The number of halogens is 1. The van der Waals surface area contributed by atoms with Crippen molar-refractivity contribution in [3.8, 4) is 0 Å². The molecule has 0 saturated heterocycles. The van der Waals surface area contributed by atoms with E-state index in [1.807, 2.05) is 0 Å². The molecule has 0 aliphatic rings. The second kappa shape index (κ2) is 3.04. The van der Waals surface area contributed by atoms with Crippen LogP contribution in [0.15, 0.2) is 9.40 Å². The average Bonchev–Trinajstić information content (AvgIpc) is 2.09. The molecule has 0 spiro atoms. The minimum atomic E-state index is -0.298. The lowest BCUT2D eigenvalue weighted by Gasteiger charge is -1.90. The number of ketones is 1. The monoisotopic (exact) mass is 218 g/mol. The first-order chi connectivity index (χ1) is 5.09. The quantitative estimate of drug-likeness (QED) is 0.764. The fourth-order valence-electron chi connectivity index (χ4n) is 0.769. The van der Waals surface area contributed by atoms with Crippen LogP contribution < -0.4 is 5.69 Å². The molecule has 1 rings (SSSR count). The van der Waals surface area contributed by atoms with Gasteiger partial charge in [0.2, 0.25) is 0 Å². The van der Waals surface area contributed by atoms with Crippen molar-refractivity contribution in [1.82, 2.24) is 9.97 Å². The minimum absolute atomic E-state index is 0.0148. The Bertz CT molecular complexity index is 326. The van der Waals surface area contributed by atoms with Crippen LogP contribution in [0.1, 0.15) is 12.6 Å². The van der Waals surface area contributed by atoms with Crippen molar-refractivity contribution in [2.24, 2.45) is 0 Å². The number of imidazole rings is 1. The van der Waals surface area contributed by atoms with Gasteiger partial charge < -0.3 is 9.97 Å². The van der Waals surface area contributed by atoms with Crippen molar-refractivity contribution >= 4 is 21.7 Å². The van der Waals surface area contributed by atoms with Gasteiger partial charge in [-0.05, 0) is 22.9 Å². The van der Waals surface area contributed by atoms with E-state index in [0.29, 0.717) is 10.3 Å². The second-order valence-corrected chi connectivity index (χ2v) is 3.04. The molecule has 0 aliphatic carbocycles. The molecule has 0 aliphatic heterocycles. The SMILES string of the molecule is CC(=O)Cc1[nH]c(=O)[nH]c1Br. The highest BCUT2D eigenvalue weighted by Gasteiger charge is 2.05. The maximum atomic E-state index is 10.6. The number of rotatable bonds is 2. The van der Waals surface area contributed by atoms with Gasteiger partial charge >= 0.3 is 5.69 Å². The molecular formula is C6H7BrN2O2. The van der Waals surface area contributed by atoms with Crippen LogP contribution in [-0.2, 0) is 11.2 Å². The van der Waals surface area contributed by atoms with Crippen LogP contribution in [0.25, 0.3) is 0 Å². The first-order valence-corrected chi connectivity index (χ1v) is 3.85. The van der Waals surface area contributed by atoms with Crippen molar-refractivity contribution in [3.63, 3.8) is 0 Å². The minimum Gasteiger partial charge on any atom is -0.308 e. The van der Waals surface area contributed by atoms with Crippen molar-refractivity contribution in [1.29, 1.82) is 0 Å². The van der Waals surface area contributed by atoms with Crippen molar-refractivity contribution in [2.45, 2.75) is 13.3 Å². The predicted molar refractivity (Wildman–Crippen MR) is 43.5 cm³/mol. The first kappa shape index (κ1) is 8.26. The Morgan fingerprint density at radius 3 is 2.55 bits per heavy atom. The Balaban J connectivity index is 2.94. The summed E-state index contributed by atoms with van der Waals surface area (Å²) in [7, 11) is 0. The van der Waals surface area contributed by atoms with Gasteiger partial charge in [0, 0.05) is 6.42 Å². The molecule has 2 N–H and O–H groups in total. The number of carbonyl (C=O) groups excluding carboxylic acids is 1. The number of Topliss-reactive ketones (excluding diaryl/α,β-unsaturated/α-hetero) is 1. The Morgan fingerprint density at radius 1 is 1.55 bits per heavy atom. The lowest BCUT2D eigenvalue weighted by molar-refractivity contribution is -0.116. The summed E-state index contributed by atoms with van der Waals surface area (Å²) < 4.78 is 0.553. The number of carbonyl (C=O) groups is 1. The van der Waals surface area contributed by atoms with Gasteiger partial charge in [0.05, 0.1) is 5.69 Å². The van der Waals surface area contributed by atoms with Gasteiger partial charge in [0.15, 0.2) is 0 Å². The third-order valence-electron chi connectivity index (χ3n) is 1.18. The van der Waals surface area contributed by atoms with Crippen LogP contribution in [-0.4, -0.2) is 15.8 Å². The standard InChI is InChI=1S/C6H7BrN2O2/c1-3(10)2-4-5(7)9-6(11)8-4/h2H2,1H3,(H2,8,9,11). The molecule has 0 fully saturated rings. The van der Waals surface area contributed by atoms with Crippen molar-refractivity contribution in [2.75, 3.05) is 0 Å². The average molecular weight is 219 g/mol. The Kier molecular flexibility index (Phi) is 2.28. The molecule has 1 heterocycles. The lowest BCUT2D eigenvalue weighted by atomic mass is 10.2. The number of nitrogens with one attached hydrogen (secondary N) is 2. The van der Waals surface area contributed by atoms with Gasteiger partial charge in [-0.1, -0.05) is 0 Å². The van der Waals surface area contributed by atoms with Gasteiger partial charge in [-0.3, -0.25) is 4.79 Å². The first-order valence-electron chi connectivity index (χ1n) is 3.05. The third kappa shape index (κ3) is 2.04. The molecule has 0 amide bonds. The van der Waals surface area contributed by atoms with E-state index in [1.54, 1.807) is 0 Å². The van der Waals surface area contributed by atoms with Gasteiger partial charge in [-0.25, -0.2) is 4.79 Å². The van der Waals surface area contributed by atoms with E-state index in [2.05, 4.69) is 25.9 Å². The van der Waals surface area contributed by atoms with E-state index in [1.165, 1.54) is 6.92 Å². The van der Waals surface area contributed by atoms with Crippen molar-refractivity contribution in [3.05, 3.63) is 20.8 Å². The predicted octanol–water partition coefficient (Wildman–Crippen LogP) is 0.597. The number of aromatic nitrogens is 2. The molecule has 0 saturated carbocycles. The maximum Gasteiger partial charge on any atom is 0.323 e. The molecule has 0 atom stereocenters. The number of H-pyrrole nitrogens is 2. The molecule has 11 heavy (non-hydrogen) atoms. The zero-order valence-electron chi connectivity index (χ0n) is 5.90. The molecule has 0 aromatic carbocycles. The molecule has 0 radical (unpaired) electrons. The summed E-state index contributed by atoms with van der Waals surface area (Å²) in [6.45, 7) is 1.47. The number of hydrogen-bond donors (Lipinski definition) is 2. The molecule has 5 heteroatoms. The Labute approximate surface area is 71.1 Å². The normalized spacial score (nSPS) is 10.0. The number of hydrogen-bond acceptors (Lipinski definition) is 2. The lowest BCUT2D eigenvalue weighted by Crippen LogP contribution is -2.03. The van der Waals surface area contributed by atoms with Gasteiger partial charge in [-0.2, -0.15) is 0 Å². The highest BCUT2D eigenvalue weighted by atomic mass is 79.9. The van der Waals surface area contributed by atoms with Crippen molar-refractivity contribution < 1.29 is 4.79 Å². The zero-order valence-corrected chi connectivity index (χ0v) is 7.49. The highest BCUT2D eigenvalue weighted by molar-refractivity contribution is 9.10. The third-order valence-corrected chi connectivity index (χ3v) is 1.86.